The number of methoxy groups -OCH3 is 1. The van der Waals surface area contributed by atoms with E-state index in [9.17, 15) is 19.7 Å². The van der Waals surface area contributed by atoms with Gasteiger partial charge in [-0.25, -0.2) is 9.59 Å². The third-order valence-electron chi connectivity index (χ3n) is 4.43. The minimum atomic E-state index is -1.33. The molecular formula is C22H21NO8. The highest BCUT2D eigenvalue weighted by molar-refractivity contribution is 6.18. The Hall–Kier alpha value is -3.88. The van der Waals surface area contributed by atoms with Crippen molar-refractivity contribution in [1.82, 2.24) is 0 Å². The first-order chi connectivity index (χ1) is 14.6. The third-order valence-corrected chi connectivity index (χ3v) is 4.43. The lowest BCUT2D eigenvalue weighted by molar-refractivity contribution is -0.386. The molecule has 162 valence electrons. The summed E-state index contributed by atoms with van der Waals surface area (Å²) in [5, 5.41) is 11.3. The topological polar surface area (TPSA) is 114 Å². The van der Waals surface area contributed by atoms with Gasteiger partial charge in [0.15, 0.2) is 5.75 Å². The second-order valence-electron chi connectivity index (χ2n) is 7.33. The molecule has 0 amide bonds. The minimum absolute atomic E-state index is 0.0357. The van der Waals surface area contributed by atoms with E-state index in [2.05, 4.69) is 0 Å². The number of aryl methyl sites for hydroxylation is 1. The van der Waals surface area contributed by atoms with Gasteiger partial charge < -0.3 is 18.9 Å². The van der Waals surface area contributed by atoms with E-state index in [0.29, 0.717) is 16.9 Å². The molecule has 0 bridgehead atoms. The SMILES string of the molecule is COc1ccc(C=C2C(=O)OC(C)(C)OC2=O)cc1COc1ccc(C)cc1[N+](=O)[O-]. The molecule has 9 heteroatoms. The Balaban J connectivity index is 1.88. The van der Waals surface area contributed by atoms with Crippen LogP contribution in [0.2, 0.25) is 0 Å². The highest BCUT2D eigenvalue weighted by Gasteiger charge is 2.38. The fraction of sp³-hybridized carbons (Fsp3) is 0.273. The first kappa shape index (κ1) is 21.8. The van der Waals surface area contributed by atoms with Crippen molar-refractivity contribution in [2.45, 2.75) is 33.2 Å². The summed E-state index contributed by atoms with van der Waals surface area (Å²) in [6.07, 6.45) is 1.34. The summed E-state index contributed by atoms with van der Waals surface area (Å²) in [4.78, 5) is 35.1. The van der Waals surface area contributed by atoms with Gasteiger partial charge in [-0.15, -0.1) is 0 Å². The van der Waals surface area contributed by atoms with Crippen LogP contribution in [0.15, 0.2) is 42.0 Å². The Morgan fingerprint density at radius 3 is 2.32 bits per heavy atom. The largest absolute Gasteiger partial charge is 0.496 e. The minimum Gasteiger partial charge on any atom is -0.496 e. The van der Waals surface area contributed by atoms with E-state index in [4.69, 9.17) is 18.9 Å². The molecule has 1 aliphatic rings. The van der Waals surface area contributed by atoms with Crippen LogP contribution < -0.4 is 9.47 Å². The van der Waals surface area contributed by atoms with Crippen LogP contribution in [0.4, 0.5) is 5.69 Å². The molecule has 0 aromatic heterocycles. The van der Waals surface area contributed by atoms with E-state index in [0.717, 1.165) is 5.56 Å². The molecule has 1 fully saturated rings. The van der Waals surface area contributed by atoms with Crippen LogP contribution >= 0.6 is 0 Å². The number of benzene rings is 2. The molecule has 9 nitrogen and oxygen atoms in total. The predicted molar refractivity (Wildman–Crippen MR) is 109 cm³/mol. The van der Waals surface area contributed by atoms with Gasteiger partial charge in [0.05, 0.1) is 12.0 Å². The van der Waals surface area contributed by atoms with E-state index in [1.807, 2.05) is 0 Å². The van der Waals surface area contributed by atoms with Gasteiger partial charge in [0, 0.05) is 25.5 Å². The maximum Gasteiger partial charge on any atom is 0.348 e. The molecule has 1 saturated heterocycles. The fourth-order valence-corrected chi connectivity index (χ4v) is 2.99. The van der Waals surface area contributed by atoms with E-state index in [1.54, 1.807) is 31.2 Å². The molecule has 2 aromatic carbocycles. The lowest BCUT2D eigenvalue weighted by atomic mass is 10.1. The molecule has 3 rings (SSSR count). The molecule has 0 spiro atoms. The van der Waals surface area contributed by atoms with Gasteiger partial charge in [-0.3, -0.25) is 10.1 Å². The summed E-state index contributed by atoms with van der Waals surface area (Å²) in [5.41, 5.74) is 1.41. The Labute approximate surface area is 178 Å². The van der Waals surface area contributed by atoms with Gasteiger partial charge in [-0.2, -0.15) is 0 Å². The van der Waals surface area contributed by atoms with Crippen molar-refractivity contribution >= 4 is 23.7 Å². The predicted octanol–water partition coefficient (Wildman–Crippen LogP) is 3.71. The summed E-state index contributed by atoms with van der Waals surface area (Å²) in [6, 6.07) is 9.59. The summed E-state index contributed by atoms with van der Waals surface area (Å²) >= 11 is 0. The average molecular weight is 427 g/mol. The first-order valence-corrected chi connectivity index (χ1v) is 9.33. The molecule has 1 heterocycles. The van der Waals surface area contributed by atoms with Crippen LogP contribution in [0.5, 0.6) is 11.5 Å². The third kappa shape index (κ3) is 5.00. The van der Waals surface area contributed by atoms with Crippen molar-refractivity contribution in [3.8, 4) is 11.5 Å². The van der Waals surface area contributed by atoms with E-state index in [-0.39, 0.29) is 23.6 Å². The maximum atomic E-state index is 12.2. The van der Waals surface area contributed by atoms with Crippen molar-refractivity contribution < 1.29 is 33.5 Å². The molecule has 31 heavy (non-hydrogen) atoms. The molecule has 0 atom stereocenters. The summed E-state index contributed by atoms with van der Waals surface area (Å²) in [7, 11) is 1.48. The van der Waals surface area contributed by atoms with Gasteiger partial charge in [0.1, 0.15) is 17.9 Å². The number of nitro benzene ring substituents is 1. The number of cyclic esters (lactones) is 2. The monoisotopic (exact) mass is 427 g/mol. The van der Waals surface area contributed by atoms with Crippen LogP contribution in [-0.4, -0.2) is 29.8 Å². The van der Waals surface area contributed by atoms with Crippen LogP contribution in [0, 0.1) is 17.0 Å². The molecule has 0 saturated carbocycles. The molecule has 0 unspecified atom stereocenters. The van der Waals surface area contributed by atoms with Gasteiger partial charge >= 0.3 is 17.6 Å². The van der Waals surface area contributed by atoms with Crippen molar-refractivity contribution in [2.24, 2.45) is 0 Å². The number of carbonyl (C=O) groups is 2. The van der Waals surface area contributed by atoms with Gasteiger partial charge in [-0.05, 0) is 42.3 Å². The normalized spacial score (nSPS) is 15.0. The fourth-order valence-electron chi connectivity index (χ4n) is 2.99. The number of ether oxygens (including phenoxy) is 4. The Kier molecular flexibility index (Phi) is 5.96. The van der Waals surface area contributed by atoms with Crippen molar-refractivity contribution in [2.75, 3.05) is 7.11 Å². The zero-order chi connectivity index (χ0) is 22.8. The molecule has 0 N–H and O–H groups in total. The second kappa shape index (κ2) is 8.47. The van der Waals surface area contributed by atoms with Crippen molar-refractivity contribution in [3.63, 3.8) is 0 Å². The van der Waals surface area contributed by atoms with Gasteiger partial charge in [0.25, 0.3) is 5.79 Å². The number of nitrogens with zero attached hydrogens (tertiary/aromatic N) is 1. The van der Waals surface area contributed by atoms with E-state index >= 15 is 0 Å². The average Bonchev–Trinajstić information content (AvgIpc) is 2.69. The molecular weight excluding hydrogens is 406 g/mol. The van der Waals surface area contributed by atoms with Crippen LogP contribution in [0.25, 0.3) is 6.08 Å². The smallest absolute Gasteiger partial charge is 0.348 e. The molecule has 1 aliphatic heterocycles. The molecule has 0 radical (unpaired) electrons. The highest BCUT2D eigenvalue weighted by atomic mass is 16.7. The number of hydrogen-bond acceptors (Lipinski definition) is 8. The summed E-state index contributed by atoms with van der Waals surface area (Å²) < 4.78 is 21.2. The quantitative estimate of drug-likeness (QED) is 0.225. The van der Waals surface area contributed by atoms with Crippen LogP contribution in [-0.2, 0) is 25.7 Å². The maximum absolute atomic E-state index is 12.2. The Morgan fingerprint density at radius 1 is 1.06 bits per heavy atom. The lowest BCUT2D eigenvalue weighted by Crippen LogP contribution is -2.41. The highest BCUT2D eigenvalue weighted by Crippen LogP contribution is 2.31. The van der Waals surface area contributed by atoms with E-state index in [1.165, 1.54) is 39.2 Å². The van der Waals surface area contributed by atoms with Gasteiger partial charge in [0.2, 0.25) is 0 Å². The standard InChI is InChI=1S/C22H21NO8/c1-13-5-7-19(17(9-13)23(26)27)29-12-15-10-14(6-8-18(15)28-4)11-16-20(24)30-22(2,3)31-21(16)25/h5-11H,12H2,1-4H3. The second-order valence-corrected chi connectivity index (χ2v) is 7.33. The van der Waals surface area contributed by atoms with Crippen molar-refractivity contribution in [3.05, 3.63) is 68.8 Å². The lowest BCUT2D eigenvalue weighted by Gasteiger charge is -2.29. The number of esters is 2. The van der Waals surface area contributed by atoms with Crippen LogP contribution in [0.3, 0.4) is 0 Å². The Morgan fingerprint density at radius 2 is 1.71 bits per heavy atom. The summed E-state index contributed by atoms with van der Waals surface area (Å²) in [5.74, 6) is -2.31. The molecule has 2 aromatic rings. The first-order valence-electron chi connectivity index (χ1n) is 9.33. The zero-order valence-electron chi connectivity index (χ0n) is 17.5. The number of rotatable bonds is 6. The van der Waals surface area contributed by atoms with E-state index < -0.39 is 22.6 Å². The van der Waals surface area contributed by atoms with Crippen molar-refractivity contribution in [1.29, 1.82) is 0 Å². The number of nitro groups is 1. The zero-order valence-corrected chi connectivity index (χ0v) is 17.5. The molecule has 0 aliphatic carbocycles. The summed E-state index contributed by atoms with van der Waals surface area (Å²) in [6.45, 7) is 4.64. The Bertz CT molecular complexity index is 1060. The van der Waals surface area contributed by atoms with Gasteiger partial charge in [-0.1, -0.05) is 12.1 Å². The number of hydrogen-bond donors (Lipinski definition) is 0. The number of carbonyl (C=O) groups excluding carboxylic acids is 2. The van der Waals surface area contributed by atoms with Crippen LogP contribution in [0.1, 0.15) is 30.5 Å².